The number of benzene rings is 3. The number of hydrogen-bond acceptors (Lipinski definition) is 3. The Labute approximate surface area is 185 Å². The first-order valence-electron chi connectivity index (χ1n) is 10.2. The fourth-order valence-corrected chi connectivity index (χ4v) is 4.21. The Balaban J connectivity index is 1.42. The summed E-state index contributed by atoms with van der Waals surface area (Å²) in [5.74, 6) is 1.12. The van der Waals surface area contributed by atoms with Crippen LogP contribution >= 0.6 is 15.9 Å². The van der Waals surface area contributed by atoms with E-state index >= 15 is 0 Å². The van der Waals surface area contributed by atoms with Crippen molar-refractivity contribution in [2.24, 2.45) is 0 Å². The first-order valence-corrected chi connectivity index (χ1v) is 11.0. The Morgan fingerprint density at radius 1 is 0.967 bits per heavy atom. The van der Waals surface area contributed by atoms with Gasteiger partial charge in [-0.05, 0) is 47.9 Å². The molecule has 0 N–H and O–H groups in total. The fraction of sp³-hybridized carbons (Fsp3) is 0.280. The molecule has 1 aliphatic rings. The van der Waals surface area contributed by atoms with E-state index in [2.05, 4.69) is 52.0 Å². The van der Waals surface area contributed by atoms with Gasteiger partial charge in [-0.15, -0.1) is 0 Å². The molecule has 0 aromatic heterocycles. The number of rotatable bonds is 8. The summed E-state index contributed by atoms with van der Waals surface area (Å²) in [5.41, 5.74) is 2.10. The van der Waals surface area contributed by atoms with E-state index in [0.717, 1.165) is 29.5 Å². The van der Waals surface area contributed by atoms with Crippen LogP contribution in [0.1, 0.15) is 24.5 Å². The van der Waals surface area contributed by atoms with Gasteiger partial charge in [-0.2, -0.15) is 0 Å². The van der Waals surface area contributed by atoms with E-state index in [4.69, 9.17) is 9.47 Å². The summed E-state index contributed by atoms with van der Waals surface area (Å²) in [6.45, 7) is 4.29. The topological polar surface area (TPSA) is 21.7 Å². The third kappa shape index (κ3) is 5.02. The summed E-state index contributed by atoms with van der Waals surface area (Å²) in [5, 5.41) is 0. The predicted octanol–water partition coefficient (Wildman–Crippen LogP) is 6.21. The minimum Gasteiger partial charge on any atom is -0.485 e. The van der Waals surface area contributed by atoms with E-state index in [0.29, 0.717) is 17.5 Å². The molecule has 3 aromatic carbocycles. The molecule has 2 atom stereocenters. The zero-order valence-corrected chi connectivity index (χ0v) is 18.5. The Hall–Kier alpha value is -2.37. The number of likely N-dealkylation sites (tertiary alicyclic amines) is 1. The first-order chi connectivity index (χ1) is 14.6. The molecule has 30 heavy (non-hydrogen) atoms. The van der Waals surface area contributed by atoms with Crippen molar-refractivity contribution in [1.29, 1.82) is 0 Å². The van der Waals surface area contributed by atoms with Crippen molar-refractivity contribution in [1.82, 2.24) is 4.90 Å². The Kier molecular flexibility index (Phi) is 6.70. The van der Waals surface area contributed by atoms with Crippen LogP contribution in [-0.4, -0.2) is 23.6 Å². The summed E-state index contributed by atoms with van der Waals surface area (Å²) in [4.78, 5) is 2.45. The van der Waals surface area contributed by atoms with Crippen LogP contribution in [0.25, 0.3) is 0 Å². The minimum absolute atomic E-state index is 0.115. The van der Waals surface area contributed by atoms with Crippen molar-refractivity contribution >= 4 is 15.9 Å². The van der Waals surface area contributed by atoms with Crippen molar-refractivity contribution in [3.63, 3.8) is 0 Å². The molecule has 0 bridgehead atoms. The van der Waals surface area contributed by atoms with E-state index in [1.165, 1.54) is 17.7 Å². The molecule has 0 aliphatic carbocycles. The molecule has 0 radical (unpaired) electrons. The summed E-state index contributed by atoms with van der Waals surface area (Å²) in [6, 6.07) is 23.1. The second-order valence-corrected chi connectivity index (χ2v) is 8.47. The van der Waals surface area contributed by atoms with E-state index in [1.807, 2.05) is 30.3 Å². The molecule has 3 aromatic rings. The monoisotopic (exact) mass is 469 g/mol. The van der Waals surface area contributed by atoms with Crippen LogP contribution in [0.3, 0.4) is 0 Å². The lowest BCUT2D eigenvalue weighted by atomic mass is 9.95. The standard InChI is InChI=1S/C25H25BrFNO2/c1-2-22-25(16-28(22)15-18-7-4-3-5-8-18)30-24-14-20(26)11-12-23(24)29-17-19-9-6-10-21(27)13-19/h3-14,22,25H,2,15-17H2,1H3. The largest absolute Gasteiger partial charge is 0.485 e. The van der Waals surface area contributed by atoms with Crippen molar-refractivity contribution in [3.05, 3.63) is 94.2 Å². The first kappa shape index (κ1) is 20.9. The second-order valence-electron chi connectivity index (χ2n) is 7.56. The highest BCUT2D eigenvalue weighted by molar-refractivity contribution is 9.10. The summed E-state index contributed by atoms with van der Waals surface area (Å²) >= 11 is 3.52. The lowest BCUT2D eigenvalue weighted by Crippen LogP contribution is -2.61. The molecular formula is C25H25BrFNO2. The lowest BCUT2D eigenvalue weighted by Gasteiger charge is -2.47. The molecule has 1 aliphatic heterocycles. The highest BCUT2D eigenvalue weighted by Gasteiger charge is 2.39. The molecule has 2 unspecified atom stereocenters. The maximum atomic E-state index is 13.4. The number of ether oxygens (including phenoxy) is 2. The van der Waals surface area contributed by atoms with Crippen LogP contribution in [0.2, 0.25) is 0 Å². The minimum atomic E-state index is -0.262. The molecule has 0 spiro atoms. The third-order valence-corrected chi connectivity index (χ3v) is 5.92. The van der Waals surface area contributed by atoms with Gasteiger partial charge in [-0.25, -0.2) is 4.39 Å². The molecule has 1 fully saturated rings. The smallest absolute Gasteiger partial charge is 0.162 e. The molecule has 1 heterocycles. The molecule has 0 saturated carbocycles. The van der Waals surface area contributed by atoms with Gasteiger partial charge in [0.15, 0.2) is 11.5 Å². The van der Waals surface area contributed by atoms with Gasteiger partial charge in [0.05, 0.1) is 0 Å². The normalized spacial score (nSPS) is 18.6. The second kappa shape index (κ2) is 9.63. The van der Waals surface area contributed by atoms with Crippen molar-refractivity contribution in [3.8, 4) is 11.5 Å². The fourth-order valence-electron chi connectivity index (χ4n) is 3.87. The summed E-state index contributed by atoms with van der Waals surface area (Å²) in [6.07, 6.45) is 1.13. The molecule has 1 saturated heterocycles. The van der Waals surface area contributed by atoms with E-state index in [9.17, 15) is 4.39 Å². The van der Waals surface area contributed by atoms with Gasteiger partial charge in [-0.3, -0.25) is 4.90 Å². The van der Waals surface area contributed by atoms with Crippen LogP contribution in [0.15, 0.2) is 77.3 Å². The number of halogens is 2. The van der Waals surface area contributed by atoms with Gasteiger partial charge < -0.3 is 9.47 Å². The average Bonchev–Trinajstić information content (AvgIpc) is 2.73. The van der Waals surface area contributed by atoms with E-state index in [1.54, 1.807) is 6.07 Å². The van der Waals surface area contributed by atoms with Crippen LogP contribution < -0.4 is 9.47 Å². The number of hydrogen-bond donors (Lipinski definition) is 0. The summed E-state index contributed by atoms with van der Waals surface area (Å²) in [7, 11) is 0. The molecule has 4 rings (SSSR count). The average molecular weight is 470 g/mol. The zero-order chi connectivity index (χ0) is 20.9. The predicted molar refractivity (Wildman–Crippen MR) is 120 cm³/mol. The maximum absolute atomic E-state index is 13.4. The molecular weight excluding hydrogens is 445 g/mol. The maximum Gasteiger partial charge on any atom is 0.162 e. The SMILES string of the molecule is CCC1C(Oc2cc(Br)ccc2OCc2cccc(F)c2)CN1Cc1ccccc1. The van der Waals surface area contributed by atoms with Crippen LogP contribution in [0.4, 0.5) is 4.39 Å². The van der Waals surface area contributed by atoms with Gasteiger partial charge >= 0.3 is 0 Å². The van der Waals surface area contributed by atoms with E-state index < -0.39 is 0 Å². The zero-order valence-electron chi connectivity index (χ0n) is 16.9. The van der Waals surface area contributed by atoms with Gasteiger partial charge in [0.25, 0.3) is 0 Å². The molecule has 0 amide bonds. The molecule has 156 valence electrons. The highest BCUT2D eigenvalue weighted by atomic mass is 79.9. The van der Waals surface area contributed by atoms with Gasteiger partial charge in [0.2, 0.25) is 0 Å². The van der Waals surface area contributed by atoms with Crippen molar-refractivity contribution in [2.75, 3.05) is 6.54 Å². The molecule has 3 nitrogen and oxygen atoms in total. The Bertz CT molecular complexity index is 982. The van der Waals surface area contributed by atoms with Crippen LogP contribution in [0.5, 0.6) is 11.5 Å². The van der Waals surface area contributed by atoms with Crippen molar-refractivity contribution in [2.45, 2.75) is 38.6 Å². The van der Waals surface area contributed by atoms with Crippen LogP contribution in [0, 0.1) is 5.82 Å². The van der Waals surface area contributed by atoms with Gasteiger partial charge in [-0.1, -0.05) is 65.3 Å². The number of nitrogens with zero attached hydrogens (tertiary/aromatic N) is 1. The Morgan fingerprint density at radius 3 is 2.53 bits per heavy atom. The van der Waals surface area contributed by atoms with E-state index in [-0.39, 0.29) is 18.5 Å². The van der Waals surface area contributed by atoms with Crippen LogP contribution in [-0.2, 0) is 13.2 Å². The third-order valence-electron chi connectivity index (χ3n) is 5.43. The van der Waals surface area contributed by atoms with Crippen molar-refractivity contribution < 1.29 is 13.9 Å². The van der Waals surface area contributed by atoms with Gasteiger partial charge in [0.1, 0.15) is 18.5 Å². The lowest BCUT2D eigenvalue weighted by molar-refractivity contribution is -0.0534. The van der Waals surface area contributed by atoms with Gasteiger partial charge in [0, 0.05) is 23.6 Å². The summed E-state index contributed by atoms with van der Waals surface area (Å²) < 4.78 is 26.7. The quantitative estimate of drug-likeness (QED) is 0.391. The highest BCUT2D eigenvalue weighted by Crippen LogP contribution is 2.35. The Morgan fingerprint density at radius 2 is 1.77 bits per heavy atom. The molecule has 5 heteroatoms.